The molecule has 0 amide bonds. The summed E-state index contributed by atoms with van der Waals surface area (Å²) >= 11 is 0. The summed E-state index contributed by atoms with van der Waals surface area (Å²) in [6.07, 6.45) is 0. The minimum absolute atomic E-state index is 0.0514. The Morgan fingerprint density at radius 1 is 1.11 bits per heavy atom. The van der Waals surface area contributed by atoms with E-state index in [1.54, 1.807) is 18.2 Å². The molecule has 0 saturated heterocycles. The zero-order valence-electron chi connectivity index (χ0n) is 10.0. The largest absolute Gasteiger partial charge is 0.508 e. The van der Waals surface area contributed by atoms with Crippen LogP contribution in [0.25, 0.3) is 21.9 Å². The van der Waals surface area contributed by atoms with Crippen LogP contribution in [0.1, 0.15) is 0 Å². The van der Waals surface area contributed by atoms with Crippen molar-refractivity contribution < 1.29 is 19.4 Å². The Balaban J connectivity index is 2.52. The molecule has 19 heavy (non-hydrogen) atoms. The van der Waals surface area contributed by atoms with E-state index in [-0.39, 0.29) is 27.9 Å². The second-order valence-electron chi connectivity index (χ2n) is 4.13. The van der Waals surface area contributed by atoms with Crippen LogP contribution in [0.15, 0.2) is 39.5 Å². The number of hydrogen-bond acceptors (Lipinski definition) is 5. The van der Waals surface area contributed by atoms with Crippen LogP contribution < -0.4 is 10.2 Å². The highest BCUT2D eigenvalue weighted by molar-refractivity contribution is 5.94. The lowest BCUT2D eigenvalue weighted by molar-refractivity contribution is 0.414. The Morgan fingerprint density at radius 2 is 1.89 bits per heavy atom. The van der Waals surface area contributed by atoms with Gasteiger partial charge in [-0.3, -0.25) is 4.79 Å². The average molecular weight is 258 g/mol. The zero-order chi connectivity index (χ0) is 13.6. The van der Waals surface area contributed by atoms with Gasteiger partial charge < -0.3 is 19.4 Å². The van der Waals surface area contributed by atoms with Crippen molar-refractivity contribution in [1.29, 1.82) is 0 Å². The third kappa shape index (κ3) is 1.67. The molecular weight excluding hydrogens is 248 g/mol. The molecule has 3 rings (SSSR count). The second kappa shape index (κ2) is 3.91. The summed E-state index contributed by atoms with van der Waals surface area (Å²) in [5, 5.41) is 19.6. The average Bonchev–Trinajstić information content (AvgIpc) is 2.37. The highest BCUT2D eigenvalue weighted by atomic mass is 16.5. The van der Waals surface area contributed by atoms with Crippen LogP contribution in [0, 0.1) is 0 Å². The van der Waals surface area contributed by atoms with E-state index in [4.69, 9.17) is 9.15 Å². The minimum atomic E-state index is -0.351. The van der Waals surface area contributed by atoms with Crippen molar-refractivity contribution in [3.63, 3.8) is 0 Å². The van der Waals surface area contributed by atoms with E-state index < -0.39 is 0 Å². The molecule has 0 unspecified atom stereocenters. The summed E-state index contributed by atoms with van der Waals surface area (Å²) in [4.78, 5) is 12.3. The smallest absolute Gasteiger partial charge is 0.204 e. The van der Waals surface area contributed by atoms with Crippen molar-refractivity contribution in [2.24, 2.45) is 0 Å². The maximum Gasteiger partial charge on any atom is 0.204 e. The molecule has 0 radical (unpaired) electrons. The maximum atomic E-state index is 12.3. The molecular formula is C14H10O5. The van der Waals surface area contributed by atoms with Crippen molar-refractivity contribution >= 4 is 21.9 Å². The van der Waals surface area contributed by atoms with Gasteiger partial charge in [-0.2, -0.15) is 0 Å². The molecule has 0 fully saturated rings. The Bertz CT molecular complexity index is 848. The number of fused-ring (bicyclic) bond motifs is 2. The number of methoxy groups -OCH3 is 1. The Kier molecular flexibility index (Phi) is 2.35. The fraction of sp³-hybridized carbons (Fsp3) is 0.0714. The minimum Gasteiger partial charge on any atom is -0.508 e. The molecule has 1 heterocycles. The first-order valence-electron chi connectivity index (χ1n) is 5.56. The van der Waals surface area contributed by atoms with Crippen LogP contribution in [-0.4, -0.2) is 17.3 Å². The second-order valence-corrected chi connectivity index (χ2v) is 4.13. The van der Waals surface area contributed by atoms with Crippen molar-refractivity contribution in [2.75, 3.05) is 7.11 Å². The van der Waals surface area contributed by atoms with E-state index in [9.17, 15) is 15.0 Å². The van der Waals surface area contributed by atoms with Gasteiger partial charge in [0.2, 0.25) is 5.43 Å². The van der Waals surface area contributed by atoms with Gasteiger partial charge in [0, 0.05) is 18.2 Å². The van der Waals surface area contributed by atoms with Gasteiger partial charge in [-0.05, 0) is 12.1 Å². The molecule has 5 nitrogen and oxygen atoms in total. The van der Waals surface area contributed by atoms with E-state index in [1.807, 2.05) is 0 Å². The van der Waals surface area contributed by atoms with Gasteiger partial charge >= 0.3 is 0 Å². The predicted molar refractivity (Wildman–Crippen MR) is 69.9 cm³/mol. The highest BCUT2D eigenvalue weighted by Gasteiger charge is 2.13. The van der Waals surface area contributed by atoms with Crippen LogP contribution in [-0.2, 0) is 0 Å². The molecule has 0 bridgehead atoms. The number of benzene rings is 2. The van der Waals surface area contributed by atoms with Crippen molar-refractivity contribution in [2.45, 2.75) is 0 Å². The van der Waals surface area contributed by atoms with Crippen molar-refractivity contribution in [3.8, 4) is 17.2 Å². The Morgan fingerprint density at radius 3 is 2.63 bits per heavy atom. The van der Waals surface area contributed by atoms with E-state index in [2.05, 4.69) is 0 Å². The van der Waals surface area contributed by atoms with Gasteiger partial charge in [-0.1, -0.05) is 0 Å². The number of aromatic hydroxyl groups is 2. The SMILES string of the molecule is COc1ccc2c(=O)c3c(O)cc(O)cc3oc2c1. The van der Waals surface area contributed by atoms with Gasteiger partial charge in [-0.15, -0.1) is 0 Å². The van der Waals surface area contributed by atoms with Gasteiger partial charge in [0.25, 0.3) is 0 Å². The number of phenolic OH excluding ortho intramolecular Hbond substituents is 2. The molecule has 2 aromatic carbocycles. The first-order chi connectivity index (χ1) is 9.10. The molecule has 0 saturated carbocycles. The lowest BCUT2D eigenvalue weighted by Crippen LogP contribution is -2.02. The Hall–Kier alpha value is -2.69. The molecule has 3 aromatic rings. The maximum absolute atomic E-state index is 12.3. The summed E-state index contributed by atoms with van der Waals surface area (Å²) in [5.74, 6) is 0.0799. The number of rotatable bonds is 1. The fourth-order valence-corrected chi connectivity index (χ4v) is 2.05. The molecule has 0 aliphatic rings. The molecule has 0 aliphatic heterocycles. The van der Waals surface area contributed by atoms with E-state index in [0.29, 0.717) is 16.7 Å². The zero-order valence-corrected chi connectivity index (χ0v) is 10.0. The van der Waals surface area contributed by atoms with Gasteiger partial charge in [0.1, 0.15) is 33.8 Å². The third-order valence-corrected chi connectivity index (χ3v) is 2.95. The monoisotopic (exact) mass is 258 g/mol. The van der Waals surface area contributed by atoms with Crippen LogP contribution in [0.5, 0.6) is 17.2 Å². The molecule has 2 N–H and O–H groups in total. The lowest BCUT2D eigenvalue weighted by Gasteiger charge is -2.05. The van der Waals surface area contributed by atoms with Gasteiger partial charge in [-0.25, -0.2) is 0 Å². The normalized spacial score (nSPS) is 11.0. The molecule has 96 valence electrons. The standard InChI is InChI=1S/C14H10O5/c1-18-8-2-3-9-11(6-8)19-12-5-7(15)4-10(16)13(12)14(9)17/h2-6,15-16H,1H3. The number of hydrogen-bond donors (Lipinski definition) is 2. The first-order valence-corrected chi connectivity index (χ1v) is 5.56. The summed E-state index contributed by atoms with van der Waals surface area (Å²) in [6.45, 7) is 0. The predicted octanol–water partition coefficient (Wildman–Crippen LogP) is 2.37. The number of ether oxygens (including phenoxy) is 1. The van der Waals surface area contributed by atoms with Crippen LogP contribution in [0.2, 0.25) is 0 Å². The molecule has 1 aromatic heterocycles. The summed E-state index contributed by atoms with van der Waals surface area (Å²) in [5.41, 5.74) is 0.113. The number of phenols is 2. The van der Waals surface area contributed by atoms with Crippen LogP contribution >= 0.6 is 0 Å². The van der Waals surface area contributed by atoms with E-state index >= 15 is 0 Å². The van der Waals surface area contributed by atoms with Crippen molar-refractivity contribution in [3.05, 3.63) is 40.6 Å². The molecule has 0 atom stereocenters. The topological polar surface area (TPSA) is 79.9 Å². The summed E-state index contributed by atoms with van der Waals surface area (Å²) < 4.78 is 10.6. The van der Waals surface area contributed by atoms with Crippen LogP contribution in [0.3, 0.4) is 0 Å². The van der Waals surface area contributed by atoms with Gasteiger partial charge in [0.05, 0.1) is 12.5 Å². The molecule has 0 spiro atoms. The van der Waals surface area contributed by atoms with Gasteiger partial charge in [0.15, 0.2) is 0 Å². The lowest BCUT2D eigenvalue weighted by atomic mass is 10.1. The highest BCUT2D eigenvalue weighted by Crippen LogP contribution is 2.30. The third-order valence-electron chi connectivity index (χ3n) is 2.95. The fourth-order valence-electron chi connectivity index (χ4n) is 2.05. The Labute approximate surface area is 107 Å². The van der Waals surface area contributed by atoms with E-state index in [1.165, 1.54) is 13.2 Å². The first kappa shape index (κ1) is 11.4. The van der Waals surface area contributed by atoms with Crippen LogP contribution in [0.4, 0.5) is 0 Å². The molecule has 5 heteroatoms. The summed E-state index contributed by atoms with van der Waals surface area (Å²) in [7, 11) is 1.51. The quantitative estimate of drug-likeness (QED) is 0.655. The van der Waals surface area contributed by atoms with E-state index in [0.717, 1.165) is 6.07 Å². The van der Waals surface area contributed by atoms with Crippen molar-refractivity contribution in [1.82, 2.24) is 0 Å². The summed E-state index contributed by atoms with van der Waals surface area (Å²) in [6, 6.07) is 7.19. The molecule has 0 aliphatic carbocycles.